The molecule has 0 saturated heterocycles. The Hall–Kier alpha value is -0.730. The molecular formula is C16H23NS. The highest BCUT2D eigenvalue weighted by molar-refractivity contribution is 8.00. The van der Waals surface area contributed by atoms with Gasteiger partial charge in [-0.3, -0.25) is 0 Å². The Morgan fingerprint density at radius 3 is 3.06 bits per heavy atom. The lowest BCUT2D eigenvalue weighted by atomic mass is 10.1. The molecule has 0 aromatic heterocycles. The van der Waals surface area contributed by atoms with Crippen molar-refractivity contribution in [3.8, 4) is 0 Å². The highest BCUT2D eigenvalue weighted by atomic mass is 32.2. The van der Waals surface area contributed by atoms with E-state index in [1.165, 1.54) is 29.7 Å². The first-order valence-electron chi connectivity index (χ1n) is 6.96. The van der Waals surface area contributed by atoms with Gasteiger partial charge in [0.05, 0.1) is 0 Å². The van der Waals surface area contributed by atoms with Crippen LogP contribution in [0, 0.1) is 0 Å². The summed E-state index contributed by atoms with van der Waals surface area (Å²) in [4.78, 5) is 1.40. The second-order valence-electron chi connectivity index (χ2n) is 4.87. The molecule has 0 aliphatic heterocycles. The Morgan fingerprint density at radius 2 is 2.33 bits per heavy atom. The maximum absolute atomic E-state index is 3.47. The topological polar surface area (TPSA) is 12.0 Å². The van der Waals surface area contributed by atoms with Crippen LogP contribution in [0.2, 0.25) is 0 Å². The average molecular weight is 261 g/mol. The largest absolute Gasteiger partial charge is 0.310 e. The fourth-order valence-electron chi connectivity index (χ4n) is 2.34. The molecule has 1 nitrogen and oxygen atoms in total. The maximum atomic E-state index is 3.47. The van der Waals surface area contributed by atoms with Crippen LogP contribution in [-0.2, 0) is 0 Å². The predicted octanol–water partition coefficient (Wildman–Crippen LogP) is 4.56. The van der Waals surface area contributed by atoms with Crippen LogP contribution in [0.4, 0.5) is 0 Å². The van der Waals surface area contributed by atoms with Gasteiger partial charge in [-0.25, -0.2) is 0 Å². The molecule has 1 N–H and O–H groups in total. The summed E-state index contributed by atoms with van der Waals surface area (Å²) in [5.74, 6) is 0. The Labute approximate surface area is 115 Å². The molecule has 0 heterocycles. The van der Waals surface area contributed by atoms with Gasteiger partial charge in [0.1, 0.15) is 0 Å². The van der Waals surface area contributed by atoms with E-state index in [9.17, 15) is 0 Å². The number of thioether (sulfide) groups is 1. The highest BCUT2D eigenvalue weighted by Gasteiger charge is 2.11. The van der Waals surface area contributed by atoms with E-state index in [1.807, 2.05) is 11.8 Å². The number of hydrogen-bond acceptors (Lipinski definition) is 2. The van der Waals surface area contributed by atoms with Gasteiger partial charge in [-0.1, -0.05) is 31.2 Å². The van der Waals surface area contributed by atoms with Gasteiger partial charge < -0.3 is 5.32 Å². The quantitative estimate of drug-likeness (QED) is 0.780. The molecule has 0 bridgehead atoms. The molecule has 1 aromatic rings. The fraction of sp³-hybridized carbons (Fsp3) is 0.500. The second-order valence-corrected chi connectivity index (χ2v) is 6.18. The standard InChI is InChI=1S/C16H23NS/c1-3-17-13(2)14-8-7-11-16(12-14)18-15-9-5-4-6-10-15/h5,7-9,11-13,15,17H,3-4,6,10H2,1-2H3. The van der Waals surface area contributed by atoms with Crippen LogP contribution in [0.3, 0.4) is 0 Å². The monoisotopic (exact) mass is 261 g/mol. The van der Waals surface area contributed by atoms with E-state index in [-0.39, 0.29) is 0 Å². The van der Waals surface area contributed by atoms with Crippen molar-refractivity contribution in [1.29, 1.82) is 0 Å². The third-order valence-corrected chi connectivity index (χ3v) is 4.59. The highest BCUT2D eigenvalue weighted by Crippen LogP contribution is 2.31. The normalized spacial score (nSPS) is 20.9. The van der Waals surface area contributed by atoms with Crippen LogP contribution in [0.1, 0.15) is 44.7 Å². The SMILES string of the molecule is CCNC(C)c1cccc(SC2C=CCCC2)c1. The Morgan fingerprint density at radius 1 is 1.44 bits per heavy atom. The van der Waals surface area contributed by atoms with Gasteiger partial charge in [-0.05, 0) is 50.4 Å². The summed E-state index contributed by atoms with van der Waals surface area (Å²) in [6.45, 7) is 5.40. The molecule has 1 aliphatic rings. The zero-order valence-corrected chi connectivity index (χ0v) is 12.2. The van der Waals surface area contributed by atoms with Crippen molar-refractivity contribution in [2.45, 2.75) is 49.3 Å². The first kappa shape index (κ1) is 13.7. The molecule has 18 heavy (non-hydrogen) atoms. The number of allylic oxidation sites excluding steroid dienone is 1. The summed E-state index contributed by atoms with van der Waals surface area (Å²) in [5.41, 5.74) is 1.39. The van der Waals surface area contributed by atoms with E-state index in [1.54, 1.807) is 0 Å². The van der Waals surface area contributed by atoms with E-state index in [2.05, 4.69) is 55.6 Å². The molecule has 2 rings (SSSR count). The third-order valence-electron chi connectivity index (χ3n) is 3.37. The van der Waals surface area contributed by atoms with Crippen molar-refractivity contribution in [1.82, 2.24) is 5.32 Å². The molecule has 0 saturated carbocycles. The van der Waals surface area contributed by atoms with E-state index < -0.39 is 0 Å². The number of hydrogen-bond donors (Lipinski definition) is 1. The summed E-state index contributed by atoms with van der Waals surface area (Å²) in [7, 11) is 0. The van der Waals surface area contributed by atoms with Crippen LogP contribution in [0.25, 0.3) is 0 Å². The van der Waals surface area contributed by atoms with Crippen molar-refractivity contribution in [2.24, 2.45) is 0 Å². The lowest BCUT2D eigenvalue weighted by Gasteiger charge is -2.17. The molecule has 1 aromatic carbocycles. The lowest BCUT2D eigenvalue weighted by Crippen LogP contribution is -2.17. The molecule has 2 atom stereocenters. The van der Waals surface area contributed by atoms with Crippen molar-refractivity contribution in [3.63, 3.8) is 0 Å². The van der Waals surface area contributed by atoms with Crippen molar-refractivity contribution >= 4 is 11.8 Å². The van der Waals surface area contributed by atoms with Crippen molar-refractivity contribution in [3.05, 3.63) is 42.0 Å². The first-order valence-corrected chi connectivity index (χ1v) is 7.84. The Kier molecular flexibility index (Phi) is 5.33. The van der Waals surface area contributed by atoms with Gasteiger partial charge in [0, 0.05) is 16.2 Å². The molecular weight excluding hydrogens is 238 g/mol. The van der Waals surface area contributed by atoms with E-state index >= 15 is 0 Å². The smallest absolute Gasteiger partial charge is 0.0292 e. The van der Waals surface area contributed by atoms with Crippen molar-refractivity contribution < 1.29 is 0 Å². The molecule has 0 fully saturated rings. The molecule has 2 unspecified atom stereocenters. The lowest BCUT2D eigenvalue weighted by molar-refractivity contribution is 0.597. The Bertz CT molecular complexity index is 400. The summed E-state index contributed by atoms with van der Waals surface area (Å²) in [6.07, 6.45) is 8.60. The van der Waals surface area contributed by atoms with E-state index in [4.69, 9.17) is 0 Å². The molecule has 2 heteroatoms. The number of benzene rings is 1. The first-order chi connectivity index (χ1) is 8.79. The summed E-state index contributed by atoms with van der Waals surface area (Å²) >= 11 is 2.00. The minimum Gasteiger partial charge on any atom is -0.310 e. The number of rotatable bonds is 5. The minimum absolute atomic E-state index is 0.442. The molecule has 1 aliphatic carbocycles. The van der Waals surface area contributed by atoms with Gasteiger partial charge in [0.15, 0.2) is 0 Å². The summed E-state index contributed by atoms with van der Waals surface area (Å²) < 4.78 is 0. The van der Waals surface area contributed by atoms with Crippen molar-refractivity contribution in [2.75, 3.05) is 6.54 Å². The molecule has 0 radical (unpaired) electrons. The third kappa shape index (κ3) is 3.89. The van der Waals surface area contributed by atoms with Crippen LogP contribution in [0.5, 0.6) is 0 Å². The zero-order chi connectivity index (χ0) is 12.8. The molecule has 0 spiro atoms. The summed E-state index contributed by atoms with van der Waals surface area (Å²) in [5, 5.41) is 4.14. The second kappa shape index (κ2) is 7.01. The van der Waals surface area contributed by atoms with Gasteiger partial charge >= 0.3 is 0 Å². The number of nitrogens with one attached hydrogen (secondary N) is 1. The van der Waals surface area contributed by atoms with Crippen LogP contribution < -0.4 is 5.32 Å². The van der Waals surface area contributed by atoms with E-state index in [0.717, 1.165) is 6.54 Å². The summed E-state index contributed by atoms with van der Waals surface area (Å²) in [6, 6.07) is 9.40. The van der Waals surface area contributed by atoms with Gasteiger partial charge in [-0.15, -0.1) is 11.8 Å². The average Bonchev–Trinajstić information content (AvgIpc) is 2.40. The molecule has 0 amide bonds. The van der Waals surface area contributed by atoms with Crippen LogP contribution in [0.15, 0.2) is 41.3 Å². The predicted molar refractivity (Wildman–Crippen MR) is 81.2 cm³/mol. The van der Waals surface area contributed by atoms with E-state index in [0.29, 0.717) is 11.3 Å². The van der Waals surface area contributed by atoms with Gasteiger partial charge in [0.2, 0.25) is 0 Å². The zero-order valence-electron chi connectivity index (χ0n) is 11.4. The van der Waals surface area contributed by atoms with Crippen LogP contribution >= 0.6 is 11.8 Å². The molecule has 98 valence electrons. The fourth-order valence-corrected chi connectivity index (χ4v) is 3.52. The van der Waals surface area contributed by atoms with Crippen LogP contribution in [-0.4, -0.2) is 11.8 Å². The van der Waals surface area contributed by atoms with Gasteiger partial charge in [0.25, 0.3) is 0 Å². The maximum Gasteiger partial charge on any atom is 0.0292 e. The Balaban J connectivity index is 2.02. The van der Waals surface area contributed by atoms with Gasteiger partial charge in [-0.2, -0.15) is 0 Å². The minimum atomic E-state index is 0.442.